The lowest BCUT2D eigenvalue weighted by Crippen LogP contribution is -2.59. The number of nitrogens with zero attached hydrogens (tertiary/aromatic N) is 2. The highest BCUT2D eigenvalue weighted by atomic mass is 35.5. The summed E-state index contributed by atoms with van der Waals surface area (Å²) in [7, 11) is 0. The van der Waals surface area contributed by atoms with Gasteiger partial charge in [0.1, 0.15) is 11.2 Å². The van der Waals surface area contributed by atoms with E-state index >= 15 is 0 Å². The minimum atomic E-state index is -7.10. The van der Waals surface area contributed by atoms with Crippen LogP contribution in [0.4, 0.5) is 39.5 Å². The summed E-state index contributed by atoms with van der Waals surface area (Å²) in [6.45, 7) is 0. The maximum Gasteiger partial charge on any atom is 0.460 e. The zero-order valence-electron chi connectivity index (χ0n) is 13.1. The fraction of sp³-hybridized carbons (Fsp3) is 0.250. The quantitative estimate of drug-likeness (QED) is 0.426. The van der Waals surface area contributed by atoms with E-state index in [1.54, 1.807) is 0 Å². The molecule has 0 atom stereocenters. The van der Waals surface area contributed by atoms with Crippen molar-refractivity contribution in [2.24, 2.45) is 0 Å². The molecule has 0 bridgehead atoms. The molecule has 0 saturated heterocycles. The maximum atomic E-state index is 14.3. The first-order chi connectivity index (χ1) is 12.7. The van der Waals surface area contributed by atoms with Crippen molar-refractivity contribution in [2.75, 3.05) is 0 Å². The molecule has 2 rings (SSSR count). The first-order valence-electron chi connectivity index (χ1n) is 7.05. The Labute approximate surface area is 156 Å². The average Bonchev–Trinajstić information content (AvgIpc) is 2.60. The lowest BCUT2D eigenvalue weighted by atomic mass is 9.93. The summed E-state index contributed by atoms with van der Waals surface area (Å²) in [4.78, 5) is 3.54. The number of hydrogen-bond donors (Lipinski definition) is 0. The largest absolute Gasteiger partial charge is 0.460 e. The van der Waals surface area contributed by atoms with Gasteiger partial charge in [0, 0.05) is 5.56 Å². The predicted molar refractivity (Wildman–Crippen MR) is 79.2 cm³/mol. The third-order valence-electron chi connectivity index (χ3n) is 3.64. The van der Waals surface area contributed by atoms with Crippen LogP contribution in [0.2, 0.25) is 5.15 Å². The van der Waals surface area contributed by atoms with E-state index in [9.17, 15) is 39.5 Å². The lowest BCUT2D eigenvalue weighted by Gasteiger charge is -2.34. The normalized spacial score (nSPS) is 13.3. The van der Waals surface area contributed by atoms with Crippen molar-refractivity contribution in [2.45, 2.75) is 23.9 Å². The van der Waals surface area contributed by atoms with Gasteiger partial charge in [-0.05, 0) is 6.07 Å². The van der Waals surface area contributed by atoms with Crippen LogP contribution < -0.4 is 0 Å². The molecule has 2 aromatic rings. The number of halogens is 10. The van der Waals surface area contributed by atoms with E-state index in [0.717, 1.165) is 6.07 Å². The Bertz CT molecular complexity index is 918. The highest BCUT2D eigenvalue weighted by molar-refractivity contribution is 6.30. The van der Waals surface area contributed by atoms with Crippen LogP contribution in [0.1, 0.15) is 11.1 Å². The first kappa shape index (κ1) is 21.8. The molecule has 28 heavy (non-hydrogen) atoms. The molecule has 2 nitrogen and oxygen atoms in total. The second-order valence-electron chi connectivity index (χ2n) is 5.42. The third-order valence-corrected chi connectivity index (χ3v) is 3.91. The van der Waals surface area contributed by atoms with E-state index in [1.165, 1.54) is 30.3 Å². The predicted octanol–water partition coefficient (Wildman–Crippen LogP) is 6.20. The molecular weight excluding hydrogens is 427 g/mol. The van der Waals surface area contributed by atoms with Crippen molar-refractivity contribution in [3.05, 3.63) is 52.7 Å². The average molecular weight is 433 g/mol. The molecule has 1 aromatic carbocycles. The van der Waals surface area contributed by atoms with Crippen molar-refractivity contribution >= 4 is 11.6 Å². The molecule has 0 saturated carbocycles. The van der Waals surface area contributed by atoms with E-state index in [2.05, 4.69) is 4.98 Å². The van der Waals surface area contributed by atoms with Gasteiger partial charge in [-0.15, -0.1) is 0 Å². The summed E-state index contributed by atoms with van der Waals surface area (Å²) >= 11 is 5.52. The van der Waals surface area contributed by atoms with Gasteiger partial charge < -0.3 is 0 Å². The summed E-state index contributed by atoms with van der Waals surface area (Å²) in [6.07, 6.45) is -6.98. The van der Waals surface area contributed by atoms with Crippen LogP contribution in [-0.2, 0) is 5.92 Å². The van der Waals surface area contributed by atoms with Crippen molar-refractivity contribution < 1.29 is 39.5 Å². The highest BCUT2D eigenvalue weighted by Gasteiger charge is 2.82. The van der Waals surface area contributed by atoms with E-state index in [0.29, 0.717) is 0 Å². The highest BCUT2D eigenvalue weighted by Crippen LogP contribution is 2.57. The lowest BCUT2D eigenvalue weighted by molar-refractivity contribution is -0.399. The molecule has 150 valence electrons. The second kappa shape index (κ2) is 6.84. The van der Waals surface area contributed by atoms with Crippen LogP contribution in [0.15, 0.2) is 36.4 Å². The van der Waals surface area contributed by atoms with Crippen molar-refractivity contribution in [3.8, 4) is 17.3 Å². The fourth-order valence-corrected chi connectivity index (χ4v) is 2.40. The molecule has 0 fully saturated rings. The molecule has 0 aliphatic rings. The van der Waals surface area contributed by atoms with Crippen molar-refractivity contribution in [1.82, 2.24) is 4.98 Å². The third kappa shape index (κ3) is 3.26. The second-order valence-corrected chi connectivity index (χ2v) is 5.78. The fourth-order valence-electron chi connectivity index (χ4n) is 2.17. The molecule has 0 radical (unpaired) electrons. The van der Waals surface area contributed by atoms with Crippen LogP contribution in [0.5, 0.6) is 0 Å². The van der Waals surface area contributed by atoms with Crippen molar-refractivity contribution in [3.63, 3.8) is 0 Å². The van der Waals surface area contributed by atoms with E-state index in [-0.39, 0.29) is 11.6 Å². The summed E-state index contributed by atoms with van der Waals surface area (Å²) in [6, 6.07) is 7.87. The Morgan fingerprint density at radius 1 is 0.857 bits per heavy atom. The van der Waals surface area contributed by atoms with Gasteiger partial charge in [-0.2, -0.15) is 44.8 Å². The van der Waals surface area contributed by atoms with Crippen LogP contribution >= 0.6 is 11.6 Å². The molecule has 12 heteroatoms. The molecule has 0 spiro atoms. The number of nitriles is 1. The summed E-state index contributed by atoms with van der Waals surface area (Å²) in [5, 5.41) is 7.82. The molecule has 0 unspecified atom stereocenters. The minimum absolute atomic E-state index is 0.0110. The Morgan fingerprint density at radius 3 is 1.86 bits per heavy atom. The Morgan fingerprint density at radius 2 is 1.39 bits per heavy atom. The van der Waals surface area contributed by atoms with Crippen LogP contribution in [0, 0.1) is 11.3 Å². The number of rotatable bonds is 4. The van der Waals surface area contributed by atoms with Crippen LogP contribution in [-0.4, -0.2) is 23.0 Å². The number of hydrogen-bond acceptors (Lipinski definition) is 2. The Hall–Kier alpha value is -2.48. The maximum absolute atomic E-state index is 14.3. The molecule has 0 aliphatic carbocycles. The molecule has 1 aromatic heterocycles. The molecule has 0 aliphatic heterocycles. The van der Waals surface area contributed by atoms with E-state index < -0.39 is 45.9 Å². The van der Waals surface area contributed by atoms with Gasteiger partial charge in [-0.3, -0.25) is 0 Å². The smallest absolute Gasteiger partial charge is 0.235 e. The van der Waals surface area contributed by atoms with Gasteiger partial charge in [-0.25, -0.2) is 4.98 Å². The van der Waals surface area contributed by atoms with Crippen LogP contribution in [0.3, 0.4) is 0 Å². The molecule has 0 amide bonds. The standard InChI is InChI=1S/C16H6ClF9N2/c17-12-9(7-27)10(6-11(28-12)8-4-2-1-3-5-8)13(18,19)14(20,21)15(22,23)16(24,25)26/h1-6H. The topological polar surface area (TPSA) is 36.7 Å². The number of pyridine rings is 1. The minimum Gasteiger partial charge on any atom is -0.235 e. The summed E-state index contributed by atoms with van der Waals surface area (Å²) in [5.41, 5.74) is -4.09. The molecule has 0 N–H and O–H groups in total. The number of aromatic nitrogens is 1. The van der Waals surface area contributed by atoms with Gasteiger partial charge >= 0.3 is 23.9 Å². The zero-order valence-corrected chi connectivity index (χ0v) is 13.9. The van der Waals surface area contributed by atoms with Gasteiger partial charge in [-0.1, -0.05) is 41.9 Å². The summed E-state index contributed by atoms with van der Waals surface area (Å²) < 4.78 is 119. The van der Waals surface area contributed by atoms with Crippen LogP contribution in [0.25, 0.3) is 11.3 Å². The Balaban J connectivity index is 2.78. The SMILES string of the molecule is N#Cc1c(C(F)(F)C(F)(F)C(F)(F)C(F)(F)F)cc(-c2ccccc2)nc1Cl. The first-order valence-corrected chi connectivity index (χ1v) is 7.43. The van der Waals surface area contributed by atoms with Gasteiger partial charge in [0.25, 0.3) is 0 Å². The number of benzene rings is 1. The molecule has 1 heterocycles. The monoisotopic (exact) mass is 432 g/mol. The zero-order chi connectivity index (χ0) is 21.5. The van der Waals surface area contributed by atoms with Crippen molar-refractivity contribution in [1.29, 1.82) is 5.26 Å². The van der Waals surface area contributed by atoms with E-state index in [1.807, 2.05) is 0 Å². The molecular formula is C16H6ClF9N2. The Kier molecular flexibility index (Phi) is 5.33. The summed E-state index contributed by atoms with van der Waals surface area (Å²) in [5.74, 6) is -20.1. The number of alkyl halides is 9. The van der Waals surface area contributed by atoms with E-state index in [4.69, 9.17) is 16.9 Å². The van der Waals surface area contributed by atoms with Gasteiger partial charge in [0.2, 0.25) is 0 Å². The van der Waals surface area contributed by atoms with Gasteiger partial charge in [0.15, 0.2) is 0 Å². The van der Waals surface area contributed by atoms with Gasteiger partial charge in [0.05, 0.1) is 16.8 Å².